The molecule has 1 aromatic heterocycles. The third kappa shape index (κ3) is 3.27. The number of benzene rings is 2. The van der Waals surface area contributed by atoms with Crippen LogP contribution in [-0.4, -0.2) is 16.0 Å². The van der Waals surface area contributed by atoms with Gasteiger partial charge in [-0.1, -0.05) is 29.8 Å². The normalized spacial score (nSPS) is 17.7. The van der Waals surface area contributed by atoms with Gasteiger partial charge in [0.15, 0.2) is 0 Å². The molecule has 0 radical (unpaired) electrons. The lowest BCUT2D eigenvalue weighted by Gasteiger charge is -2.31. The molecule has 4 rings (SSSR count). The first-order valence-electron chi connectivity index (χ1n) is 8.71. The maximum atomic E-state index is 14.6. The fourth-order valence-corrected chi connectivity index (χ4v) is 3.86. The summed E-state index contributed by atoms with van der Waals surface area (Å²) in [6, 6.07) is 15.1. The minimum atomic E-state index is -0.509. The smallest absolute Gasteiger partial charge is 0.131 e. The van der Waals surface area contributed by atoms with Crippen molar-refractivity contribution >= 4 is 11.6 Å². The number of aryl methyl sites for hydroxylation is 1. The molecular formula is C21H19ClF2N2. The molecule has 2 nitrogen and oxygen atoms in total. The molecule has 1 atom stereocenters. The Kier molecular flexibility index (Phi) is 4.79. The third-order valence-corrected chi connectivity index (χ3v) is 5.18. The second-order valence-corrected chi connectivity index (χ2v) is 7.05. The van der Waals surface area contributed by atoms with Gasteiger partial charge in [-0.2, -0.15) is 0 Å². The molecule has 0 saturated heterocycles. The summed E-state index contributed by atoms with van der Waals surface area (Å²) in [4.78, 5) is 2.14. The summed E-state index contributed by atoms with van der Waals surface area (Å²) in [6.45, 7) is 2.19. The van der Waals surface area contributed by atoms with Crippen LogP contribution in [0.5, 0.6) is 0 Å². The number of rotatable bonds is 3. The minimum absolute atomic E-state index is 0.114. The first-order valence-corrected chi connectivity index (χ1v) is 9.09. The van der Waals surface area contributed by atoms with Crippen LogP contribution in [0.25, 0.3) is 0 Å². The zero-order valence-corrected chi connectivity index (χ0v) is 15.0. The van der Waals surface area contributed by atoms with E-state index in [9.17, 15) is 8.78 Å². The Morgan fingerprint density at radius 1 is 0.923 bits per heavy atom. The summed E-state index contributed by atoms with van der Waals surface area (Å²) >= 11 is 5.98. The molecular weight excluding hydrogens is 354 g/mol. The molecule has 3 aromatic rings. The van der Waals surface area contributed by atoms with E-state index in [0.717, 1.165) is 30.8 Å². The van der Waals surface area contributed by atoms with Crippen LogP contribution in [0.15, 0.2) is 60.8 Å². The van der Waals surface area contributed by atoms with Gasteiger partial charge in [0, 0.05) is 42.1 Å². The average Bonchev–Trinajstić information content (AvgIpc) is 3.01. The molecule has 1 aliphatic heterocycles. The summed E-state index contributed by atoms with van der Waals surface area (Å²) < 4.78 is 31.4. The van der Waals surface area contributed by atoms with Crippen molar-refractivity contribution in [1.82, 2.24) is 9.47 Å². The van der Waals surface area contributed by atoms with Gasteiger partial charge in [0.2, 0.25) is 0 Å². The summed E-state index contributed by atoms with van der Waals surface area (Å²) in [6.07, 6.45) is 2.90. The highest BCUT2D eigenvalue weighted by molar-refractivity contribution is 6.30. The standard InChI is InChI=1S/C21H19ClF2N2/c22-16-9-7-15(8-10-16)14-26-13-3-12-25-11-2-6-19(25)21(26)20-17(23)4-1-5-18(20)24/h1-2,4-11,21H,3,12-14H2. The number of aromatic nitrogens is 1. The van der Waals surface area contributed by atoms with Crippen LogP contribution < -0.4 is 0 Å². The Hall–Kier alpha value is -2.17. The molecule has 0 bridgehead atoms. The summed E-state index contributed by atoms with van der Waals surface area (Å²) in [5.41, 5.74) is 2.10. The molecule has 0 amide bonds. The third-order valence-electron chi connectivity index (χ3n) is 4.93. The van der Waals surface area contributed by atoms with Crippen LogP contribution in [0.2, 0.25) is 5.02 Å². The van der Waals surface area contributed by atoms with Crippen LogP contribution in [0.4, 0.5) is 8.78 Å². The van der Waals surface area contributed by atoms with E-state index in [4.69, 9.17) is 11.6 Å². The fraction of sp³-hybridized carbons (Fsp3) is 0.238. The van der Waals surface area contributed by atoms with E-state index in [2.05, 4.69) is 9.47 Å². The lowest BCUT2D eigenvalue weighted by molar-refractivity contribution is 0.212. The van der Waals surface area contributed by atoms with Crippen LogP contribution in [0, 0.1) is 11.6 Å². The van der Waals surface area contributed by atoms with Crippen molar-refractivity contribution in [3.05, 3.63) is 94.3 Å². The van der Waals surface area contributed by atoms with E-state index in [1.807, 2.05) is 42.6 Å². The van der Waals surface area contributed by atoms with E-state index in [1.165, 1.54) is 18.2 Å². The monoisotopic (exact) mass is 372 g/mol. The van der Waals surface area contributed by atoms with Gasteiger partial charge >= 0.3 is 0 Å². The largest absolute Gasteiger partial charge is 0.350 e. The number of hydrogen-bond acceptors (Lipinski definition) is 1. The highest BCUT2D eigenvalue weighted by Gasteiger charge is 2.31. The Labute approximate surface area is 156 Å². The van der Waals surface area contributed by atoms with Crippen molar-refractivity contribution in [3.63, 3.8) is 0 Å². The molecule has 0 saturated carbocycles. The molecule has 5 heteroatoms. The van der Waals surface area contributed by atoms with E-state index in [1.54, 1.807) is 0 Å². The van der Waals surface area contributed by atoms with Crippen LogP contribution in [0.1, 0.15) is 29.3 Å². The lowest BCUT2D eigenvalue weighted by atomic mass is 9.99. The first-order chi connectivity index (χ1) is 12.6. The van der Waals surface area contributed by atoms with E-state index in [-0.39, 0.29) is 5.56 Å². The van der Waals surface area contributed by atoms with Crippen molar-refractivity contribution in [2.45, 2.75) is 25.6 Å². The Bertz CT molecular complexity index is 884. The number of fused-ring (bicyclic) bond motifs is 1. The predicted molar refractivity (Wildman–Crippen MR) is 99.1 cm³/mol. The van der Waals surface area contributed by atoms with Crippen LogP contribution in [0.3, 0.4) is 0 Å². The molecule has 1 unspecified atom stereocenters. The van der Waals surface area contributed by atoms with Crippen LogP contribution in [-0.2, 0) is 13.1 Å². The van der Waals surface area contributed by atoms with Gasteiger partial charge in [-0.05, 0) is 48.4 Å². The van der Waals surface area contributed by atoms with Gasteiger partial charge in [-0.25, -0.2) is 8.78 Å². The molecule has 0 fully saturated rings. The fourth-order valence-electron chi connectivity index (χ4n) is 3.74. The minimum Gasteiger partial charge on any atom is -0.350 e. The van der Waals surface area contributed by atoms with E-state index in [0.29, 0.717) is 11.6 Å². The molecule has 0 aliphatic carbocycles. The lowest BCUT2D eigenvalue weighted by Crippen LogP contribution is -2.30. The zero-order valence-electron chi connectivity index (χ0n) is 14.2. The summed E-state index contributed by atoms with van der Waals surface area (Å²) in [5.74, 6) is -1.02. The second kappa shape index (κ2) is 7.22. The summed E-state index contributed by atoms with van der Waals surface area (Å²) in [5, 5.41) is 0.676. The van der Waals surface area contributed by atoms with Gasteiger partial charge < -0.3 is 4.57 Å². The molecule has 1 aliphatic rings. The SMILES string of the molecule is Fc1cccc(F)c1C1c2cccn2CCCN1Cc1ccc(Cl)cc1. The van der Waals surface area contributed by atoms with Gasteiger partial charge in [0.1, 0.15) is 11.6 Å². The zero-order chi connectivity index (χ0) is 18.1. The molecule has 0 N–H and O–H groups in total. The quantitative estimate of drug-likeness (QED) is 0.596. The average molecular weight is 373 g/mol. The topological polar surface area (TPSA) is 8.17 Å². The van der Waals surface area contributed by atoms with Gasteiger partial charge in [-0.3, -0.25) is 4.90 Å². The molecule has 2 aromatic carbocycles. The predicted octanol–water partition coefficient (Wildman–Crippen LogP) is 5.42. The molecule has 0 spiro atoms. The van der Waals surface area contributed by atoms with Crippen molar-refractivity contribution in [2.24, 2.45) is 0 Å². The van der Waals surface area contributed by atoms with Gasteiger partial charge in [-0.15, -0.1) is 0 Å². The first kappa shape index (κ1) is 17.3. The van der Waals surface area contributed by atoms with Gasteiger partial charge in [0.05, 0.1) is 6.04 Å². The van der Waals surface area contributed by atoms with Gasteiger partial charge in [0.25, 0.3) is 0 Å². The van der Waals surface area contributed by atoms with E-state index >= 15 is 0 Å². The van der Waals surface area contributed by atoms with Crippen molar-refractivity contribution < 1.29 is 8.78 Å². The van der Waals surface area contributed by atoms with Crippen molar-refractivity contribution in [3.8, 4) is 0 Å². The molecule has 26 heavy (non-hydrogen) atoms. The highest BCUT2D eigenvalue weighted by atomic mass is 35.5. The number of hydrogen-bond donors (Lipinski definition) is 0. The maximum absolute atomic E-state index is 14.6. The Balaban J connectivity index is 1.79. The second-order valence-electron chi connectivity index (χ2n) is 6.61. The highest BCUT2D eigenvalue weighted by Crippen LogP contribution is 2.35. The number of nitrogens with zero attached hydrogens (tertiary/aromatic N) is 2. The Morgan fingerprint density at radius 2 is 1.65 bits per heavy atom. The number of halogens is 3. The molecule has 2 heterocycles. The van der Waals surface area contributed by atoms with Crippen molar-refractivity contribution in [2.75, 3.05) is 6.54 Å². The molecule has 134 valence electrons. The van der Waals surface area contributed by atoms with Crippen molar-refractivity contribution in [1.29, 1.82) is 0 Å². The summed E-state index contributed by atoms with van der Waals surface area (Å²) in [7, 11) is 0. The maximum Gasteiger partial charge on any atom is 0.131 e. The van der Waals surface area contributed by atoms with E-state index < -0.39 is 17.7 Å². The van der Waals surface area contributed by atoms with Crippen LogP contribution >= 0.6 is 11.6 Å². The Morgan fingerprint density at radius 3 is 2.38 bits per heavy atom.